The molecule has 3 heteroatoms. The molecule has 0 aromatic carbocycles. The molecule has 17 heavy (non-hydrogen) atoms. The lowest BCUT2D eigenvalue weighted by atomic mass is 10.3. The molecule has 1 aromatic rings. The fraction of sp³-hybridized carbons (Fsp3) is 0.714. The maximum Gasteiger partial charge on any atom is 0.117 e. The van der Waals surface area contributed by atoms with E-state index in [9.17, 15) is 0 Å². The Balaban J connectivity index is 1.74. The molecule has 0 amide bonds. The van der Waals surface area contributed by atoms with Gasteiger partial charge in [-0.15, -0.1) is 0 Å². The van der Waals surface area contributed by atoms with E-state index in [4.69, 9.17) is 4.42 Å². The number of nitrogens with zero attached hydrogens (tertiary/aromatic N) is 1. The molecule has 1 aromatic heterocycles. The van der Waals surface area contributed by atoms with Crippen LogP contribution in [0, 0.1) is 5.92 Å². The minimum atomic E-state index is 0.549. The van der Waals surface area contributed by atoms with Crippen LogP contribution in [0.2, 0.25) is 0 Å². The fourth-order valence-electron chi connectivity index (χ4n) is 1.99. The van der Waals surface area contributed by atoms with Crippen LogP contribution in [0.5, 0.6) is 0 Å². The van der Waals surface area contributed by atoms with Gasteiger partial charge in [0.2, 0.25) is 0 Å². The zero-order valence-electron chi connectivity index (χ0n) is 11.4. The molecule has 1 aliphatic carbocycles. The minimum absolute atomic E-state index is 0.549. The summed E-state index contributed by atoms with van der Waals surface area (Å²) in [6.45, 7) is 6.32. The zero-order chi connectivity index (χ0) is 12.4. The first kappa shape index (κ1) is 12.7. The summed E-state index contributed by atoms with van der Waals surface area (Å²) in [5.74, 6) is 3.74. The first-order valence-corrected chi connectivity index (χ1v) is 6.53. The molecule has 0 radical (unpaired) electrons. The molecule has 0 spiro atoms. The largest absolute Gasteiger partial charge is 0.464 e. The number of furan rings is 1. The molecule has 1 fully saturated rings. The van der Waals surface area contributed by atoms with Gasteiger partial charge in [-0.05, 0) is 45.5 Å². The summed E-state index contributed by atoms with van der Waals surface area (Å²) in [6, 6.07) is 4.79. The van der Waals surface area contributed by atoms with Crippen LogP contribution >= 0.6 is 0 Å². The average Bonchev–Trinajstić information content (AvgIpc) is 2.83. The molecule has 1 N–H and O–H groups in total. The van der Waals surface area contributed by atoms with Crippen LogP contribution in [-0.2, 0) is 6.54 Å². The Bertz CT molecular complexity index is 359. The molecule has 1 saturated carbocycles. The van der Waals surface area contributed by atoms with E-state index in [0.29, 0.717) is 12.0 Å². The van der Waals surface area contributed by atoms with Gasteiger partial charge >= 0.3 is 0 Å². The second kappa shape index (κ2) is 5.23. The lowest BCUT2D eigenvalue weighted by Gasteiger charge is -2.19. The highest BCUT2D eigenvalue weighted by Crippen LogP contribution is 2.47. The number of hydrogen-bond acceptors (Lipinski definition) is 3. The number of hydrogen-bond donors (Lipinski definition) is 1. The Kier molecular flexibility index (Phi) is 3.89. The van der Waals surface area contributed by atoms with Crippen LogP contribution in [0.1, 0.15) is 37.7 Å². The summed E-state index contributed by atoms with van der Waals surface area (Å²) in [5.41, 5.74) is 0. The van der Waals surface area contributed by atoms with Crippen molar-refractivity contribution < 1.29 is 4.42 Å². The van der Waals surface area contributed by atoms with Crippen molar-refractivity contribution >= 4 is 0 Å². The van der Waals surface area contributed by atoms with Gasteiger partial charge < -0.3 is 14.6 Å². The monoisotopic (exact) mass is 236 g/mol. The smallest absolute Gasteiger partial charge is 0.117 e. The first-order valence-electron chi connectivity index (χ1n) is 6.53. The van der Waals surface area contributed by atoms with E-state index < -0.39 is 0 Å². The van der Waals surface area contributed by atoms with Gasteiger partial charge in [-0.2, -0.15) is 0 Å². The third-order valence-electron chi connectivity index (χ3n) is 3.78. The molecule has 0 bridgehead atoms. The summed E-state index contributed by atoms with van der Waals surface area (Å²) in [4.78, 5) is 2.21. The van der Waals surface area contributed by atoms with Crippen molar-refractivity contribution in [3.05, 3.63) is 23.7 Å². The van der Waals surface area contributed by atoms with Crippen molar-refractivity contribution in [2.24, 2.45) is 5.92 Å². The minimum Gasteiger partial charge on any atom is -0.464 e. The van der Waals surface area contributed by atoms with Crippen LogP contribution in [0.25, 0.3) is 0 Å². The summed E-state index contributed by atoms with van der Waals surface area (Å²) >= 11 is 0. The molecule has 0 aliphatic heterocycles. The van der Waals surface area contributed by atoms with Gasteiger partial charge in [0, 0.05) is 18.5 Å². The lowest BCUT2D eigenvalue weighted by Crippen LogP contribution is -2.35. The van der Waals surface area contributed by atoms with Crippen LogP contribution in [-0.4, -0.2) is 31.6 Å². The number of rotatable bonds is 6. The van der Waals surface area contributed by atoms with Crippen molar-refractivity contribution in [1.29, 1.82) is 0 Å². The lowest BCUT2D eigenvalue weighted by molar-refractivity contribution is 0.299. The number of likely N-dealkylation sites (N-methyl/N-ethyl adjacent to an activating group) is 1. The quantitative estimate of drug-likeness (QED) is 0.822. The SMILES string of the molecule is CC1CC1c1ccc(CNCC(C)N(C)C)o1. The third kappa shape index (κ3) is 3.33. The van der Waals surface area contributed by atoms with E-state index in [2.05, 4.69) is 50.3 Å². The molecule has 1 heterocycles. The van der Waals surface area contributed by atoms with Gasteiger partial charge in [-0.3, -0.25) is 0 Å². The Morgan fingerprint density at radius 3 is 2.76 bits per heavy atom. The van der Waals surface area contributed by atoms with Gasteiger partial charge in [-0.25, -0.2) is 0 Å². The van der Waals surface area contributed by atoms with Crippen LogP contribution < -0.4 is 5.32 Å². The zero-order valence-corrected chi connectivity index (χ0v) is 11.4. The summed E-state index contributed by atoms with van der Waals surface area (Å²) in [7, 11) is 4.21. The van der Waals surface area contributed by atoms with Crippen LogP contribution in [0.15, 0.2) is 16.5 Å². The van der Waals surface area contributed by atoms with E-state index in [-0.39, 0.29) is 0 Å². The molecule has 1 aliphatic rings. The van der Waals surface area contributed by atoms with E-state index in [1.807, 2.05) is 0 Å². The Hall–Kier alpha value is -0.800. The van der Waals surface area contributed by atoms with Crippen molar-refractivity contribution in [1.82, 2.24) is 10.2 Å². The fourth-order valence-corrected chi connectivity index (χ4v) is 1.99. The van der Waals surface area contributed by atoms with E-state index in [1.54, 1.807) is 0 Å². The summed E-state index contributed by atoms with van der Waals surface area (Å²) in [5, 5.41) is 3.43. The summed E-state index contributed by atoms with van der Waals surface area (Å²) < 4.78 is 5.84. The summed E-state index contributed by atoms with van der Waals surface area (Å²) in [6.07, 6.45) is 1.29. The van der Waals surface area contributed by atoms with E-state index in [1.165, 1.54) is 12.2 Å². The second-order valence-electron chi connectivity index (χ2n) is 5.57. The van der Waals surface area contributed by atoms with Gasteiger partial charge in [0.05, 0.1) is 6.54 Å². The molecule has 3 atom stereocenters. The molecular weight excluding hydrogens is 212 g/mol. The molecule has 3 unspecified atom stereocenters. The van der Waals surface area contributed by atoms with Crippen molar-refractivity contribution in [2.45, 2.75) is 38.8 Å². The van der Waals surface area contributed by atoms with Gasteiger partial charge in [0.25, 0.3) is 0 Å². The van der Waals surface area contributed by atoms with Crippen molar-refractivity contribution in [2.75, 3.05) is 20.6 Å². The van der Waals surface area contributed by atoms with E-state index >= 15 is 0 Å². The molecular formula is C14H24N2O. The predicted octanol–water partition coefficient (Wildman–Crippen LogP) is 2.44. The Labute approximate surface area is 104 Å². The highest BCUT2D eigenvalue weighted by atomic mass is 16.3. The maximum absolute atomic E-state index is 5.84. The Morgan fingerprint density at radius 1 is 1.47 bits per heavy atom. The van der Waals surface area contributed by atoms with Crippen molar-refractivity contribution in [3.63, 3.8) is 0 Å². The van der Waals surface area contributed by atoms with Crippen LogP contribution in [0.3, 0.4) is 0 Å². The number of nitrogens with one attached hydrogen (secondary N) is 1. The van der Waals surface area contributed by atoms with Gasteiger partial charge in [0.1, 0.15) is 11.5 Å². The Morgan fingerprint density at radius 2 is 2.18 bits per heavy atom. The molecule has 2 rings (SSSR count). The van der Waals surface area contributed by atoms with Gasteiger partial charge in [0.15, 0.2) is 0 Å². The predicted molar refractivity (Wildman–Crippen MR) is 70.1 cm³/mol. The van der Waals surface area contributed by atoms with Gasteiger partial charge in [-0.1, -0.05) is 6.92 Å². The average molecular weight is 236 g/mol. The van der Waals surface area contributed by atoms with Crippen LogP contribution in [0.4, 0.5) is 0 Å². The molecule has 96 valence electrons. The highest BCUT2D eigenvalue weighted by Gasteiger charge is 2.36. The first-order chi connectivity index (χ1) is 8.08. The molecule has 3 nitrogen and oxygen atoms in total. The standard InChI is InChI=1S/C14H24N2O/c1-10-7-13(10)14-6-5-12(17-14)9-15-8-11(2)16(3)4/h5-6,10-11,13,15H,7-9H2,1-4H3. The maximum atomic E-state index is 5.84. The second-order valence-corrected chi connectivity index (χ2v) is 5.57. The normalized spacial score (nSPS) is 25.2. The topological polar surface area (TPSA) is 28.4 Å². The third-order valence-corrected chi connectivity index (χ3v) is 3.78. The molecule has 0 saturated heterocycles. The van der Waals surface area contributed by atoms with E-state index in [0.717, 1.165) is 24.8 Å². The highest BCUT2D eigenvalue weighted by molar-refractivity contribution is 5.17. The van der Waals surface area contributed by atoms with Crippen molar-refractivity contribution in [3.8, 4) is 0 Å².